The van der Waals surface area contributed by atoms with E-state index in [9.17, 15) is 0 Å². The van der Waals surface area contributed by atoms with Crippen molar-refractivity contribution in [2.45, 2.75) is 0 Å². The molecular weight excluding hydrogens is 168 g/mol. The summed E-state index contributed by atoms with van der Waals surface area (Å²) in [6.45, 7) is 0. The maximum atomic E-state index is 8.62. The second-order valence-corrected chi connectivity index (χ2v) is 2.06. The molecule has 9 heteroatoms. The van der Waals surface area contributed by atoms with Crippen molar-refractivity contribution in [3.8, 4) is 0 Å². The van der Waals surface area contributed by atoms with Gasteiger partial charge in [-0.05, 0) is 0 Å². The van der Waals surface area contributed by atoms with Gasteiger partial charge in [0.2, 0.25) is 0 Å². The van der Waals surface area contributed by atoms with Gasteiger partial charge in [-0.15, -0.1) is 0 Å². The summed E-state index contributed by atoms with van der Waals surface area (Å²) in [6, 6.07) is 0. The molecular formula is H16N4O4Ti. The molecule has 0 fully saturated rings. The first-order chi connectivity index (χ1) is 2.00. The first-order valence-electron chi connectivity index (χ1n) is 0.816. The quantitative estimate of drug-likeness (QED) is 0.283. The van der Waals surface area contributed by atoms with Crippen molar-refractivity contribution in [1.29, 1.82) is 0 Å². The number of quaternary nitrogens is 4. The first kappa shape index (κ1) is 34.3. The molecule has 0 radical (unpaired) electrons. The summed E-state index contributed by atoms with van der Waals surface area (Å²) >= 11 is -6.00. The number of hydrogen-bond acceptors (Lipinski definition) is 4. The third kappa shape index (κ3) is 2210. The monoisotopic (exact) mass is 184 g/mol. The van der Waals surface area contributed by atoms with Crippen LogP contribution in [-0.2, 0) is 18.1 Å². The van der Waals surface area contributed by atoms with Gasteiger partial charge >= 0.3 is 32.9 Å². The molecule has 0 unspecified atom stereocenters. The van der Waals surface area contributed by atoms with Crippen LogP contribution in [0.3, 0.4) is 0 Å². The molecule has 0 aliphatic carbocycles. The summed E-state index contributed by atoms with van der Waals surface area (Å²) in [5.41, 5.74) is 0. The van der Waals surface area contributed by atoms with Crippen LogP contribution in [0.15, 0.2) is 0 Å². The molecule has 16 N–H and O–H groups in total. The minimum atomic E-state index is -6.00. The van der Waals surface area contributed by atoms with Crippen molar-refractivity contribution in [1.82, 2.24) is 24.6 Å². The molecule has 0 atom stereocenters. The van der Waals surface area contributed by atoms with Crippen LogP contribution < -0.4 is 39.4 Å². The van der Waals surface area contributed by atoms with E-state index in [2.05, 4.69) is 0 Å². The molecule has 0 aliphatic rings. The molecule has 0 spiro atoms. The van der Waals surface area contributed by atoms with E-state index in [1.807, 2.05) is 0 Å². The van der Waals surface area contributed by atoms with Crippen LogP contribution in [-0.4, -0.2) is 0 Å². The molecule has 0 aromatic carbocycles. The Balaban J connectivity index is -0.0000000133. The Morgan fingerprint density at radius 3 is 0.556 bits per heavy atom. The Kier molecular flexibility index (Phi) is 42.8. The van der Waals surface area contributed by atoms with Gasteiger partial charge < -0.3 is 24.6 Å². The molecule has 0 aromatic rings. The summed E-state index contributed by atoms with van der Waals surface area (Å²) < 4.78 is 34.5. The normalized spacial score (nSPS) is 6.67. The molecule has 0 bridgehead atoms. The summed E-state index contributed by atoms with van der Waals surface area (Å²) in [7, 11) is 0. The second kappa shape index (κ2) is 11.2. The Morgan fingerprint density at radius 1 is 0.556 bits per heavy atom. The molecule has 0 heterocycles. The number of rotatable bonds is 0. The molecule has 0 aliphatic heterocycles. The van der Waals surface area contributed by atoms with E-state index in [4.69, 9.17) is 14.8 Å². The van der Waals surface area contributed by atoms with E-state index in [-0.39, 0.29) is 24.6 Å². The van der Waals surface area contributed by atoms with Gasteiger partial charge in [0.25, 0.3) is 0 Å². The van der Waals surface area contributed by atoms with Crippen LogP contribution in [0.5, 0.6) is 0 Å². The average molecular weight is 184 g/mol. The van der Waals surface area contributed by atoms with Crippen molar-refractivity contribution in [3.05, 3.63) is 0 Å². The molecule has 9 heavy (non-hydrogen) atoms. The van der Waals surface area contributed by atoms with Crippen molar-refractivity contribution in [3.63, 3.8) is 0 Å². The molecule has 0 rings (SSSR count). The van der Waals surface area contributed by atoms with Crippen LogP contribution in [0, 0.1) is 0 Å². The standard InChI is InChI=1S/4H3N.4O.Ti/h4*1H3;;;;;/q;;;;4*-1;/p+4. The minimum absolute atomic E-state index is 0. The van der Waals surface area contributed by atoms with E-state index in [0.29, 0.717) is 0 Å². The topological polar surface area (TPSA) is 238 Å². The summed E-state index contributed by atoms with van der Waals surface area (Å²) in [6.07, 6.45) is 0. The van der Waals surface area contributed by atoms with Gasteiger partial charge in [0, 0.05) is 0 Å². The predicted molar refractivity (Wildman–Crippen MR) is 23.9 cm³/mol. The van der Waals surface area contributed by atoms with Gasteiger partial charge in [0.15, 0.2) is 0 Å². The fourth-order valence-electron chi connectivity index (χ4n) is 0. The first-order valence-corrected chi connectivity index (χ1v) is 3.37. The number of hydrogen-bond donors (Lipinski definition) is 4. The van der Waals surface area contributed by atoms with Crippen molar-refractivity contribution < 1.29 is 32.9 Å². The molecule has 0 saturated heterocycles. The third-order valence-corrected chi connectivity index (χ3v) is 0. The van der Waals surface area contributed by atoms with Gasteiger partial charge in [-0.25, -0.2) is 0 Å². The van der Waals surface area contributed by atoms with Gasteiger partial charge in [-0.3, -0.25) is 0 Å². The van der Waals surface area contributed by atoms with E-state index in [1.165, 1.54) is 0 Å². The predicted octanol–water partition coefficient (Wildman–Crippen LogP) is -3.25. The Hall–Kier alpha value is 0.394. The van der Waals surface area contributed by atoms with Gasteiger partial charge in [-0.2, -0.15) is 0 Å². The third-order valence-electron chi connectivity index (χ3n) is 0. The zero-order valence-corrected chi connectivity index (χ0v) is 7.69. The molecule has 8 nitrogen and oxygen atoms in total. The van der Waals surface area contributed by atoms with E-state index < -0.39 is 18.1 Å². The van der Waals surface area contributed by atoms with E-state index in [0.717, 1.165) is 0 Å². The summed E-state index contributed by atoms with van der Waals surface area (Å²) in [5.74, 6) is 0. The fourth-order valence-corrected chi connectivity index (χ4v) is 0. The summed E-state index contributed by atoms with van der Waals surface area (Å²) in [4.78, 5) is 0. The van der Waals surface area contributed by atoms with Gasteiger partial charge in [0.05, 0.1) is 0 Å². The van der Waals surface area contributed by atoms with Crippen LogP contribution in [0.4, 0.5) is 0 Å². The Labute approximate surface area is 58.1 Å². The zero-order valence-electron chi connectivity index (χ0n) is 6.13. The Bertz CT molecular complexity index is 28.0. The van der Waals surface area contributed by atoms with E-state index >= 15 is 0 Å². The molecule has 0 aromatic heterocycles. The fraction of sp³-hybridized carbons (Fsp3) is 0. The molecule has 0 saturated carbocycles. The SMILES string of the molecule is [NH4+].[NH4+].[NH4+].[NH4+].[O-][Ti]([O-])([O-])[O-]. The van der Waals surface area contributed by atoms with Crippen LogP contribution in [0.2, 0.25) is 0 Å². The van der Waals surface area contributed by atoms with E-state index in [1.54, 1.807) is 0 Å². The van der Waals surface area contributed by atoms with Crippen molar-refractivity contribution in [2.75, 3.05) is 0 Å². The maximum absolute atomic E-state index is 8.62. The second-order valence-electron chi connectivity index (χ2n) is 0.500. The molecule has 0 amide bonds. The van der Waals surface area contributed by atoms with Gasteiger partial charge in [-0.1, -0.05) is 0 Å². The van der Waals surface area contributed by atoms with Gasteiger partial charge in [0.1, 0.15) is 0 Å². The van der Waals surface area contributed by atoms with Crippen molar-refractivity contribution in [2.24, 2.45) is 0 Å². The molecule has 64 valence electrons. The average Bonchev–Trinajstić information content (AvgIpc) is 0.722. The van der Waals surface area contributed by atoms with Crippen LogP contribution in [0.25, 0.3) is 0 Å². The zero-order chi connectivity index (χ0) is 4.50. The van der Waals surface area contributed by atoms with Crippen molar-refractivity contribution >= 4 is 0 Å². The summed E-state index contributed by atoms with van der Waals surface area (Å²) in [5, 5.41) is 0. The van der Waals surface area contributed by atoms with Crippen LogP contribution in [0.1, 0.15) is 0 Å². The van der Waals surface area contributed by atoms with Crippen LogP contribution >= 0.6 is 0 Å². The Morgan fingerprint density at radius 2 is 0.556 bits per heavy atom.